The number of hydrogen-bond donors (Lipinski definition) is 2. The number of hydrogen-bond acceptors (Lipinski definition) is 2. The number of rotatable bonds is 4. The number of halogens is 3. The third kappa shape index (κ3) is 3.51. The van der Waals surface area contributed by atoms with E-state index < -0.39 is 6.10 Å². The van der Waals surface area contributed by atoms with Crippen LogP contribution in [0.1, 0.15) is 25.5 Å². The van der Waals surface area contributed by atoms with E-state index in [-0.39, 0.29) is 6.04 Å². The SMILES string of the molecule is CC(O)CNC(C)c1ccc(Cl)c(Cl)c1Cl. The van der Waals surface area contributed by atoms with Crippen molar-refractivity contribution in [2.24, 2.45) is 0 Å². The van der Waals surface area contributed by atoms with E-state index in [1.807, 2.05) is 13.0 Å². The molecular weight excluding hydrogens is 268 g/mol. The Morgan fingerprint density at radius 3 is 2.38 bits per heavy atom. The molecule has 0 aliphatic heterocycles. The first-order chi connectivity index (χ1) is 7.43. The van der Waals surface area contributed by atoms with Gasteiger partial charge in [-0.3, -0.25) is 0 Å². The summed E-state index contributed by atoms with van der Waals surface area (Å²) in [6, 6.07) is 3.55. The molecule has 90 valence electrons. The molecule has 0 radical (unpaired) electrons. The molecule has 0 saturated carbocycles. The van der Waals surface area contributed by atoms with Gasteiger partial charge in [0, 0.05) is 12.6 Å². The normalized spacial score (nSPS) is 14.9. The Labute approximate surface area is 111 Å². The molecule has 0 aliphatic rings. The topological polar surface area (TPSA) is 32.3 Å². The van der Waals surface area contributed by atoms with Crippen LogP contribution in [-0.4, -0.2) is 17.8 Å². The molecule has 0 aromatic heterocycles. The van der Waals surface area contributed by atoms with E-state index in [1.54, 1.807) is 13.0 Å². The zero-order valence-corrected chi connectivity index (χ0v) is 11.4. The Morgan fingerprint density at radius 2 is 1.81 bits per heavy atom. The molecule has 0 heterocycles. The lowest BCUT2D eigenvalue weighted by Gasteiger charge is -2.17. The molecule has 0 saturated heterocycles. The smallest absolute Gasteiger partial charge is 0.0781 e. The third-order valence-corrected chi connectivity index (χ3v) is 3.56. The van der Waals surface area contributed by atoms with E-state index in [9.17, 15) is 5.11 Å². The van der Waals surface area contributed by atoms with Gasteiger partial charge < -0.3 is 10.4 Å². The van der Waals surface area contributed by atoms with Gasteiger partial charge in [-0.1, -0.05) is 40.9 Å². The van der Waals surface area contributed by atoms with Crippen molar-refractivity contribution in [2.45, 2.75) is 26.0 Å². The quantitative estimate of drug-likeness (QED) is 0.826. The molecule has 1 aromatic rings. The Bertz CT molecular complexity index is 368. The van der Waals surface area contributed by atoms with Crippen molar-refractivity contribution in [1.82, 2.24) is 5.32 Å². The monoisotopic (exact) mass is 281 g/mol. The van der Waals surface area contributed by atoms with Crippen molar-refractivity contribution in [1.29, 1.82) is 0 Å². The van der Waals surface area contributed by atoms with Crippen LogP contribution in [0.4, 0.5) is 0 Å². The van der Waals surface area contributed by atoms with E-state index in [0.29, 0.717) is 21.6 Å². The van der Waals surface area contributed by atoms with Crippen LogP contribution in [0, 0.1) is 0 Å². The summed E-state index contributed by atoms with van der Waals surface area (Å²) in [5, 5.41) is 13.6. The molecule has 1 aromatic carbocycles. The summed E-state index contributed by atoms with van der Waals surface area (Å²) < 4.78 is 0. The summed E-state index contributed by atoms with van der Waals surface area (Å²) in [6.45, 7) is 4.17. The highest BCUT2D eigenvalue weighted by Crippen LogP contribution is 2.35. The lowest BCUT2D eigenvalue weighted by molar-refractivity contribution is 0.187. The zero-order valence-electron chi connectivity index (χ0n) is 9.10. The van der Waals surface area contributed by atoms with Gasteiger partial charge in [0.2, 0.25) is 0 Å². The molecule has 5 heteroatoms. The Kier molecular flexibility index (Phi) is 5.35. The fourth-order valence-corrected chi connectivity index (χ4v) is 2.04. The van der Waals surface area contributed by atoms with Gasteiger partial charge in [-0.05, 0) is 25.5 Å². The van der Waals surface area contributed by atoms with Crippen molar-refractivity contribution in [3.63, 3.8) is 0 Å². The van der Waals surface area contributed by atoms with Gasteiger partial charge in [0.25, 0.3) is 0 Å². The van der Waals surface area contributed by atoms with Crippen molar-refractivity contribution in [2.75, 3.05) is 6.54 Å². The molecule has 0 aliphatic carbocycles. The van der Waals surface area contributed by atoms with Crippen LogP contribution in [0.5, 0.6) is 0 Å². The number of aliphatic hydroxyl groups excluding tert-OH is 1. The molecule has 0 bridgehead atoms. The highest BCUT2D eigenvalue weighted by molar-refractivity contribution is 6.48. The molecule has 0 amide bonds. The molecule has 0 fully saturated rings. The van der Waals surface area contributed by atoms with Crippen LogP contribution in [0.15, 0.2) is 12.1 Å². The molecule has 16 heavy (non-hydrogen) atoms. The lowest BCUT2D eigenvalue weighted by Crippen LogP contribution is -2.27. The van der Waals surface area contributed by atoms with Gasteiger partial charge in [-0.15, -0.1) is 0 Å². The molecular formula is C11H14Cl3NO. The Morgan fingerprint density at radius 1 is 1.19 bits per heavy atom. The van der Waals surface area contributed by atoms with Gasteiger partial charge in [-0.25, -0.2) is 0 Å². The van der Waals surface area contributed by atoms with Crippen LogP contribution >= 0.6 is 34.8 Å². The van der Waals surface area contributed by atoms with Crippen molar-refractivity contribution in [3.05, 3.63) is 32.8 Å². The molecule has 0 spiro atoms. The van der Waals surface area contributed by atoms with Gasteiger partial charge >= 0.3 is 0 Å². The summed E-state index contributed by atoms with van der Waals surface area (Å²) in [6.07, 6.45) is -0.399. The first kappa shape index (κ1) is 14.1. The summed E-state index contributed by atoms with van der Waals surface area (Å²) >= 11 is 17.9. The Balaban J connectivity index is 2.84. The van der Waals surface area contributed by atoms with Crippen molar-refractivity contribution >= 4 is 34.8 Å². The zero-order chi connectivity index (χ0) is 12.3. The van der Waals surface area contributed by atoms with Crippen LogP contribution in [-0.2, 0) is 0 Å². The molecule has 1 rings (SSSR count). The fourth-order valence-electron chi connectivity index (χ4n) is 1.33. The maximum Gasteiger partial charge on any atom is 0.0781 e. The molecule has 2 unspecified atom stereocenters. The molecule has 2 nitrogen and oxygen atoms in total. The summed E-state index contributed by atoms with van der Waals surface area (Å²) in [7, 11) is 0. The predicted octanol–water partition coefficient (Wildman–Crippen LogP) is 3.68. The van der Waals surface area contributed by atoms with Crippen LogP contribution in [0.2, 0.25) is 15.1 Å². The first-order valence-corrected chi connectivity index (χ1v) is 6.11. The minimum Gasteiger partial charge on any atom is -0.392 e. The van der Waals surface area contributed by atoms with Gasteiger partial charge in [0.05, 0.1) is 21.2 Å². The number of aliphatic hydroxyl groups is 1. The van der Waals surface area contributed by atoms with E-state index >= 15 is 0 Å². The molecule has 2 atom stereocenters. The maximum absolute atomic E-state index is 9.17. The highest BCUT2D eigenvalue weighted by Gasteiger charge is 2.14. The highest BCUT2D eigenvalue weighted by atomic mass is 35.5. The average Bonchev–Trinajstić information content (AvgIpc) is 2.23. The largest absolute Gasteiger partial charge is 0.392 e. The van der Waals surface area contributed by atoms with Crippen molar-refractivity contribution in [3.8, 4) is 0 Å². The average molecular weight is 283 g/mol. The predicted molar refractivity (Wildman–Crippen MR) is 69.6 cm³/mol. The van der Waals surface area contributed by atoms with Crippen molar-refractivity contribution < 1.29 is 5.11 Å². The standard InChI is InChI=1S/C11H14Cl3NO/c1-6(16)5-15-7(2)8-3-4-9(12)11(14)10(8)13/h3-4,6-7,15-16H,5H2,1-2H3. The summed E-state index contributed by atoms with van der Waals surface area (Å²) in [5.74, 6) is 0. The second-order valence-electron chi connectivity index (χ2n) is 3.74. The van der Waals surface area contributed by atoms with Gasteiger partial charge in [0.1, 0.15) is 0 Å². The van der Waals surface area contributed by atoms with E-state index in [0.717, 1.165) is 5.56 Å². The minimum absolute atomic E-state index is 0.0110. The Hall–Kier alpha value is 0.01000. The third-order valence-electron chi connectivity index (χ3n) is 2.25. The fraction of sp³-hybridized carbons (Fsp3) is 0.455. The van der Waals surface area contributed by atoms with E-state index in [4.69, 9.17) is 34.8 Å². The lowest BCUT2D eigenvalue weighted by atomic mass is 10.1. The number of benzene rings is 1. The minimum atomic E-state index is -0.399. The van der Waals surface area contributed by atoms with Crippen LogP contribution < -0.4 is 5.32 Å². The van der Waals surface area contributed by atoms with Gasteiger partial charge in [0.15, 0.2) is 0 Å². The first-order valence-electron chi connectivity index (χ1n) is 4.98. The van der Waals surface area contributed by atoms with Crippen LogP contribution in [0.3, 0.4) is 0 Å². The maximum atomic E-state index is 9.17. The van der Waals surface area contributed by atoms with E-state index in [2.05, 4.69) is 5.32 Å². The van der Waals surface area contributed by atoms with Gasteiger partial charge in [-0.2, -0.15) is 0 Å². The number of nitrogens with one attached hydrogen (secondary N) is 1. The summed E-state index contributed by atoms with van der Waals surface area (Å²) in [5.41, 5.74) is 0.872. The second-order valence-corrected chi connectivity index (χ2v) is 4.91. The second kappa shape index (κ2) is 6.08. The molecule has 2 N–H and O–H groups in total. The van der Waals surface area contributed by atoms with E-state index in [1.165, 1.54) is 0 Å². The van der Waals surface area contributed by atoms with Crippen LogP contribution in [0.25, 0.3) is 0 Å². The summed E-state index contributed by atoms with van der Waals surface area (Å²) in [4.78, 5) is 0.